The van der Waals surface area contributed by atoms with E-state index in [1.165, 1.54) is 12.8 Å². The maximum Gasteiger partial charge on any atom is 0.222 e. The Bertz CT molecular complexity index is 762. The van der Waals surface area contributed by atoms with Crippen LogP contribution >= 0.6 is 12.2 Å². The van der Waals surface area contributed by atoms with E-state index in [4.69, 9.17) is 17.0 Å². The minimum Gasteiger partial charge on any atom is -0.497 e. The van der Waals surface area contributed by atoms with Crippen LogP contribution in [0.15, 0.2) is 24.3 Å². The quantitative estimate of drug-likeness (QED) is 0.756. The highest BCUT2D eigenvalue weighted by Crippen LogP contribution is 2.32. The van der Waals surface area contributed by atoms with Crippen LogP contribution in [0.5, 0.6) is 5.75 Å². The zero-order chi connectivity index (χ0) is 17.1. The number of carbonyl (C=O) groups is 1. The van der Waals surface area contributed by atoms with Crippen LogP contribution in [-0.2, 0) is 11.3 Å². The first-order chi connectivity index (χ1) is 11.6. The second kappa shape index (κ2) is 7.17. The first kappa shape index (κ1) is 16.7. The van der Waals surface area contributed by atoms with E-state index < -0.39 is 0 Å². The van der Waals surface area contributed by atoms with Crippen molar-refractivity contribution in [2.24, 2.45) is 5.92 Å². The van der Waals surface area contributed by atoms with Crippen molar-refractivity contribution in [2.45, 2.75) is 38.8 Å². The Labute approximate surface area is 146 Å². The lowest BCUT2D eigenvalue weighted by Crippen LogP contribution is -2.34. The molecule has 1 aliphatic rings. The highest BCUT2D eigenvalue weighted by atomic mass is 32.1. The van der Waals surface area contributed by atoms with Gasteiger partial charge in [-0.25, -0.2) is 0 Å². The van der Waals surface area contributed by atoms with E-state index in [1.807, 2.05) is 28.8 Å². The smallest absolute Gasteiger partial charge is 0.222 e. The topological polar surface area (TPSA) is 71.9 Å². The Hall–Kier alpha value is -2.15. The van der Waals surface area contributed by atoms with E-state index in [2.05, 4.69) is 22.4 Å². The van der Waals surface area contributed by atoms with E-state index in [1.54, 1.807) is 7.11 Å². The summed E-state index contributed by atoms with van der Waals surface area (Å²) in [5.74, 6) is 2.22. The van der Waals surface area contributed by atoms with Crippen molar-refractivity contribution in [3.8, 4) is 17.1 Å². The van der Waals surface area contributed by atoms with Gasteiger partial charge in [-0.2, -0.15) is 5.10 Å². The molecule has 1 unspecified atom stereocenters. The summed E-state index contributed by atoms with van der Waals surface area (Å²) in [5, 5.41) is 10.2. The fraction of sp³-hybridized carbons (Fsp3) is 0.471. The predicted octanol–water partition coefficient (Wildman–Crippen LogP) is 2.92. The van der Waals surface area contributed by atoms with E-state index >= 15 is 0 Å². The summed E-state index contributed by atoms with van der Waals surface area (Å²) in [6.07, 6.45) is 2.82. The van der Waals surface area contributed by atoms with Crippen LogP contribution in [0.25, 0.3) is 11.4 Å². The molecule has 2 aromatic rings. The standard InChI is InChI=1S/C17H22N4O2S/c1-11(12-3-4-12)18-15(22)9-10-21-16(19-20-17(21)24)13-5-7-14(23-2)8-6-13/h5-8,11-12H,3-4,9-10H2,1-2H3,(H,18,22)(H,20,24). The number of methoxy groups -OCH3 is 1. The molecule has 1 aliphatic carbocycles. The Morgan fingerprint density at radius 1 is 1.46 bits per heavy atom. The molecule has 1 aromatic heterocycles. The molecule has 6 nitrogen and oxygen atoms in total. The monoisotopic (exact) mass is 346 g/mol. The minimum atomic E-state index is 0.0539. The highest BCUT2D eigenvalue weighted by molar-refractivity contribution is 7.71. The van der Waals surface area contributed by atoms with Gasteiger partial charge in [0.05, 0.1) is 7.11 Å². The minimum absolute atomic E-state index is 0.0539. The molecule has 7 heteroatoms. The van der Waals surface area contributed by atoms with Gasteiger partial charge in [-0.1, -0.05) is 0 Å². The van der Waals surface area contributed by atoms with Crippen molar-refractivity contribution in [1.82, 2.24) is 20.1 Å². The van der Waals surface area contributed by atoms with Gasteiger partial charge in [0.15, 0.2) is 10.6 Å². The van der Waals surface area contributed by atoms with Gasteiger partial charge in [0, 0.05) is 24.6 Å². The molecule has 1 heterocycles. The van der Waals surface area contributed by atoms with Crippen LogP contribution in [0.4, 0.5) is 0 Å². The summed E-state index contributed by atoms with van der Waals surface area (Å²) in [7, 11) is 1.63. The number of aromatic amines is 1. The van der Waals surface area contributed by atoms with Gasteiger partial charge in [0.1, 0.15) is 5.75 Å². The van der Waals surface area contributed by atoms with E-state index in [0.29, 0.717) is 23.7 Å². The molecule has 1 fully saturated rings. The van der Waals surface area contributed by atoms with Crippen molar-refractivity contribution >= 4 is 18.1 Å². The molecule has 1 amide bonds. The molecule has 0 bridgehead atoms. The molecule has 0 radical (unpaired) electrons. The summed E-state index contributed by atoms with van der Waals surface area (Å²) in [5.41, 5.74) is 0.926. The van der Waals surface area contributed by atoms with Gasteiger partial charge >= 0.3 is 0 Å². The van der Waals surface area contributed by atoms with E-state index in [9.17, 15) is 4.79 Å². The van der Waals surface area contributed by atoms with Crippen LogP contribution in [0.3, 0.4) is 0 Å². The number of hydrogen-bond donors (Lipinski definition) is 2. The van der Waals surface area contributed by atoms with Crippen LogP contribution in [0, 0.1) is 10.7 Å². The summed E-state index contributed by atoms with van der Waals surface area (Å²) in [6.45, 7) is 2.57. The Morgan fingerprint density at radius 3 is 2.79 bits per heavy atom. The molecule has 0 aliphatic heterocycles. The number of amides is 1. The molecular formula is C17H22N4O2S. The maximum absolute atomic E-state index is 12.1. The van der Waals surface area contributed by atoms with Gasteiger partial charge in [0.25, 0.3) is 0 Å². The van der Waals surface area contributed by atoms with Crippen LogP contribution < -0.4 is 10.1 Å². The van der Waals surface area contributed by atoms with E-state index in [0.717, 1.165) is 17.1 Å². The van der Waals surface area contributed by atoms with Crippen molar-refractivity contribution < 1.29 is 9.53 Å². The first-order valence-corrected chi connectivity index (χ1v) is 8.58. The average molecular weight is 346 g/mol. The molecule has 24 heavy (non-hydrogen) atoms. The molecule has 2 N–H and O–H groups in total. The number of nitrogens with one attached hydrogen (secondary N) is 2. The number of hydrogen-bond acceptors (Lipinski definition) is 4. The summed E-state index contributed by atoms with van der Waals surface area (Å²) < 4.78 is 7.55. The van der Waals surface area contributed by atoms with Crippen molar-refractivity contribution in [2.75, 3.05) is 7.11 Å². The molecule has 3 rings (SSSR count). The third-order valence-corrected chi connectivity index (χ3v) is 4.70. The first-order valence-electron chi connectivity index (χ1n) is 8.17. The van der Waals surface area contributed by atoms with Crippen molar-refractivity contribution in [3.05, 3.63) is 29.0 Å². The number of carbonyl (C=O) groups excluding carboxylic acids is 1. The van der Waals surface area contributed by atoms with Gasteiger partial charge in [-0.15, -0.1) is 0 Å². The third kappa shape index (κ3) is 3.84. The lowest BCUT2D eigenvalue weighted by Gasteiger charge is -2.13. The maximum atomic E-state index is 12.1. The summed E-state index contributed by atoms with van der Waals surface area (Å²) >= 11 is 5.30. The molecule has 1 aromatic carbocycles. The van der Waals surface area contributed by atoms with Gasteiger partial charge in [0.2, 0.25) is 5.91 Å². The van der Waals surface area contributed by atoms with Gasteiger partial charge in [-0.05, 0) is 62.2 Å². The average Bonchev–Trinajstić information content (AvgIpc) is 3.37. The zero-order valence-corrected chi connectivity index (χ0v) is 14.7. The fourth-order valence-corrected chi connectivity index (χ4v) is 2.96. The van der Waals surface area contributed by atoms with Gasteiger partial charge in [-0.3, -0.25) is 14.5 Å². The third-order valence-electron chi connectivity index (χ3n) is 4.39. The number of aromatic nitrogens is 3. The largest absolute Gasteiger partial charge is 0.497 e. The lowest BCUT2D eigenvalue weighted by atomic mass is 10.2. The Kier molecular flexibility index (Phi) is 4.99. The van der Waals surface area contributed by atoms with E-state index in [-0.39, 0.29) is 11.9 Å². The van der Waals surface area contributed by atoms with Gasteiger partial charge < -0.3 is 10.1 Å². The van der Waals surface area contributed by atoms with Crippen LogP contribution in [-0.4, -0.2) is 33.8 Å². The van der Waals surface area contributed by atoms with Crippen LogP contribution in [0.1, 0.15) is 26.2 Å². The van der Waals surface area contributed by atoms with Crippen molar-refractivity contribution in [1.29, 1.82) is 0 Å². The molecule has 0 spiro atoms. The normalized spacial score (nSPS) is 15.1. The number of H-pyrrole nitrogens is 1. The number of nitrogens with zero attached hydrogens (tertiary/aromatic N) is 2. The number of ether oxygens (including phenoxy) is 1. The molecule has 0 saturated heterocycles. The Morgan fingerprint density at radius 2 is 2.17 bits per heavy atom. The second-order valence-electron chi connectivity index (χ2n) is 6.18. The predicted molar refractivity (Wildman–Crippen MR) is 94.3 cm³/mol. The van der Waals surface area contributed by atoms with Crippen LogP contribution in [0.2, 0.25) is 0 Å². The SMILES string of the molecule is COc1ccc(-c2n[nH]c(=S)n2CCC(=O)NC(C)C2CC2)cc1. The number of rotatable bonds is 7. The second-order valence-corrected chi connectivity index (χ2v) is 6.56. The molecular weight excluding hydrogens is 324 g/mol. The summed E-state index contributed by atoms with van der Waals surface area (Å²) in [6, 6.07) is 7.87. The summed E-state index contributed by atoms with van der Waals surface area (Å²) in [4.78, 5) is 12.1. The highest BCUT2D eigenvalue weighted by Gasteiger charge is 2.28. The zero-order valence-electron chi connectivity index (χ0n) is 13.9. The number of benzene rings is 1. The Balaban J connectivity index is 1.67. The lowest BCUT2D eigenvalue weighted by molar-refractivity contribution is -0.122. The molecule has 1 atom stereocenters. The van der Waals surface area contributed by atoms with Crippen molar-refractivity contribution in [3.63, 3.8) is 0 Å². The molecule has 1 saturated carbocycles. The molecule has 128 valence electrons. The fourth-order valence-electron chi connectivity index (χ4n) is 2.74.